The summed E-state index contributed by atoms with van der Waals surface area (Å²) in [5.41, 5.74) is 0.562. The van der Waals surface area contributed by atoms with Crippen LogP contribution < -0.4 is 10.6 Å². The fourth-order valence-electron chi connectivity index (χ4n) is 1.78. The SMILES string of the molecule is CCCC(O)CNC(=O)Nc1cnc(C2CC2)nc1. The lowest BCUT2D eigenvalue weighted by atomic mass is 10.2. The molecule has 1 aromatic heterocycles. The lowest BCUT2D eigenvalue weighted by Gasteiger charge is -2.11. The molecule has 1 aliphatic carbocycles. The Morgan fingerprint density at radius 2 is 2.16 bits per heavy atom. The Morgan fingerprint density at radius 1 is 1.47 bits per heavy atom. The topological polar surface area (TPSA) is 87.1 Å². The highest BCUT2D eigenvalue weighted by molar-refractivity contribution is 5.88. The van der Waals surface area contributed by atoms with E-state index in [1.807, 2.05) is 6.92 Å². The van der Waals surface area contributed by atoms with Crippen molar-refractivity contribution in [3.8, 4) is 0 Å². The number of nitrogens with zero attached hydrogens (tertiary/aromatic N) is 2. The second kappa shape index (κ2) is 6.47. The van der Waals surface area contributed by atoms with Gasteiger partial charge in [-0.25, -0.2) is 14.8 Å². The summed E-state index contributed by atoms with van der Waals surface area (Å²) in [5, 5.41) is 14.8. The summed E-state index contributed by atoms with van der Waals surface area (Å²) in [7, 11) is 0. The maximum absolute atomic E-state index is 11.6. The van der Waals surface area contributed by atoms with Crippen LogP contribution >= 0.6 is 0 Å². The van der Waals surface area contributed by atoms with Crippen LogP contribution in [0.2, 0.25) is 0 Å². The van der Waals surface area contributed by atoms with Crippen LogP contribution in [0.5, 0.6) is 0 Å². The molecule has 1 saturated carbocycles. The molecule has 6 heteroatoms. The minimum absolute atomic E-state index is 0.251. The molecule has 0 saturated heterocycles. The van der Waals surface area contributed by atoms with E-state index in [1.54, 1.807) is 12.4 Å². The molecule has 1 unspecified atom stereocenters. The van der Waals surface area contributed by atoms with E-state index >= 15 is 0 Å². The molecule has 0 spiro atoms. The third kappa shape index (κ3) is 4.48. The van der Waals surface area contributed by atoms with E-state index in [2.05, 4.69) is 20.6 Å². The normalized spacial score (nSPS) is 15.9. The van der Waals surface area contributed by atoms with Gasteiger partial charge in [0.1, 0.15) is 5.82 Å². The van der Waals surface area contributed by atoms with Crippen LogP contribution in [0, 0.1) is 0 Å². The standard InChI is InChI=1S/C13H20N4O2/c1-2-3-11(18)8-16-13(19)17-10-6-14-12(15-7-10)9-4-5-9/h6-7,9,11,18H,2-5,8H2,1H3,(H2,16,17,19). The van der Waals surface area contributed by atoms with Crippen molar-refractivity contribution in [1.82, 2.24) is 15.3 Å². The molecule has 1 fully saturated rings. The minimum Gasteiger partial charge on any atom is -0.391 e. The van der Waals surface area contributed by atoms with Gasteiger partial charge >= 0.3 is 6.03 Å². The Labute approximate surface area is 112 Å². The monoisotopic (exact) mass is 264 g/mol. The first-order chi connectivity index (χ1) is 9.19. The zero-order valence-corrected chi connectivity index (χ0v) is 11.1. The Bertz CT molecular complexity index is 417. The van der Waals surface area contributed by atoms with Gasteiger partial charge in [-0.15, -0.1) is 0 Å². The highest BCUT2D eigenvalue weighted by atomic mass is 16.3. The van der Waals surface area contributed by atoms with E-state index < -0.39 is 6.10 Å². The third-order valence-corrected chi connectivity index (χ3v) is 2.99. The smallest absolute Gasteiger partial charge is 0.319 e. The van der Waals surface area contributed by atoms with Crippen molar-refractivity contribution in [3.63, 3.8) is 0 Å². The molecule has 19 heavy (non-hydrogen) atoms. The molecule has 2 amide bonds. The highest BCUT2D eigenvalue weighted by Gasteiger charge is 2.26. The maximum atomic E-state index is 11.6. The van der Waals surface area contributed by atoms with E-state index in [4.69, 9.17) is 0 Å². The number of urea groups is 1. The van der Waals surface area contributed by atoms with Crippen LogP contribution in [0.4, 0.5) is 10.5 Å². The first kappa shape index (κ1) is 13.7. The van der Waals surface area contributed by atoms with Crippen molar-refractivity contribution in [2.24, 2.45) is 0 Å². The van der Waals surface area contributed by atoms with Gasteiger partial charge in [-0.05, 0) is 19.3 Å². The van der Waals surface area contributed by atoms with E-state index in [9.17, 15) is 9.90 Å². The summed E-state index contributed by atoms with van der Waals surface area (Å²) < 4.78 is 0. The Balaban J connectivity index is 1.75. The van der Waals surface area contributed by atoms with Crippen molar-refractivity contribution in [2.45, 2.75) is 44.6 Å². The van der Waals surface area contributed by atoms with Crippen LogP contribution in [0.1, 0.15) is 44.3 Å². The van der Waals surface area contributed by atoms with Gasteiger partial charge in [0.05, 0.1) is 24.2 Å². The summed E-state index contributed by atoms with van der Waals surface area (Å²) >= 11 is 0. The number of aliphatic hydroxyl groups is 1. The number of nitrogens with one attached hydrogen (secondary N) is 2. The number of carbonyl (C=O) groups is 1. The van der Waals surface area contributed by atoms with Crippen molar-refractivity contribution in [3.05, 3.63) is 18.2 Å². The predicted octanol–water partition coefficient (Wildman–Crippen LogP) is 1.64. The van der Waals surface area contributed by atoms with Crippen LogP contribution in [-0.2, 0) is 0 Å². The zero-order valence-electron chi connectivity index (χ0n) is 11.1. The molecule has 104 valence electrons. The number of hydrogen-bond acceptors (Lipinski definition) is 4. The fraction of sp³-hybridized carbons (Fsp3) is 0.615. The van der Waals surface area contributed by atoms with Gasteiger partial charge in [0.25, 0.3) is 0 Å². The maximum Gasteiger partial charge on any atom is 0.319 e. The molecular weight excluding hydrogens is 244 g/mol. The van der Waals surface area contributed by atoms with Gasteiger partial charge in [0.2, 0.25) is 0 Å². The number of hydrogen-bond donors (Lipinski definition) is 3. The zero-order chi connectivity index (χ0) is 13.7. The number of aromatic nitrogens is 2. The van der Waals surface area contributed by atoms with Gasteiger partial charge in [-0.2, -0.15) is 0 Å². The molecule has 2 rings (SSSR count). The van der Waals surface area contributed by atoms with E-state index in [0.717, 1.165) is 25.1 Å². The van der Waals surface area contributed by atoms with Gasteiger partial charge in [-0.3, -0.25) is 0 Å². The predicted molar refractivity (Wildman–Crippen MR) is 71.9 cm³/mol. The van der Waals surface area contributed by atoms with Gasteiger partial charge < -0.3 is 15.7 Å². The second-order valence-electron chi connectivity index (χ2n) is 4.88. The van der Waals surface area contributed by atoms with Crippen molar-refractivity contribution in [2.75, 3.05) is 11.9 Å². The fourth-order valence-corrected chi connectivity index (χ4v) is 1.78. The van der Waals surface area contributed by atoms with Crippen LogP contribution in [0.25, 0.3) is 0 Å². The van der Waals surface area contributed by atoms with Crippen molar-refractivity contribution < 1.29 is 9.90 Å². The second-order valence-corrected chi connectivity index (χ2v) is 4.88. The number of rotatable bonds is 6. The number of aliphatic hydroxyl groups excluding tert-OH is 1. The molecule has 0 aliphatic heterocycles. The van der Waals surface area contributed by atoms with Gasteiger partial charge in [-0.1, -0.05) is 13.3 Å². The summed E-state index contributed by atoms with van der Waals surface area (Å²) in [5.74, 6) is 1.36. The molecule has 3 N–H and O–H groups in total. The van der Waals surface area contributed by atoms with E-state index in [1.165, 1.54) is 0 Å². The number of anilines is 1. The van der Waals surface area contributed by atoms with Crippen molar-refractivity contribution in [1.29, 1.82) is 0 Å². The molecular formula is C13H20N4O2. The summed E-state index contributed by atoms with van der Waals surface area (Å²) in [6, 6.07) is -0.349. The molecule has 1 heterocycles. The Hall–Kier alpha value is -1.69. The lowest BCUT2D eigenvalue weighted by Crippen LogP contribution is -2.35. The molecule has 1 aliphatic rings. The summed E-state index contributed by atoms with van der Waals surface area (Å²) in [6.45, 7) is 2.24. The Kier molecular flexibility index (Phi) is 4.68. The molecule has 1 atom stereocenters. The average molecular weight is 264 g/mol. The Morgan fingerprint density at radius 3 is 2.74 bits per heavy atom. The first-order valence-electron chi connectivity index (χ1n) is 6.74. The largest absolute Gasteiger partial charge is 0.391 e. The van der Waals surface area contributed by atoms with Gasteiger partial charge in [0.15, 0.2) is 0 Å². The summed E-state index contributed by atoms with van der Waals surface area (Å²) in [4.78, 5) is 20.0. The third-order valence-electron chi connectivity index (χ3n) is 2.99. The first-order valence-corrected chi connectivity index (χ1v) is 6.74. The minimum atomic E-state index is -0.496. The van der Waals surface area contributed by atoms with Crippen LogP contribution in [0.3, 0.4) is 0 Å². The molecule has 0 aromatic carbocycles. The van der Waals surface area contributed by atoms with E-state index in [0.29, 0.717) is 18.0 Å². The van der Waals surface area contributed by atoms with Gasteiger partial charge in [0, 0.05) is 12.5 Å². The number of carbonyl (C=O) groups excluding carboxylic acids is 1. The molecule has 6 nitrogen and oxygen atoms in total. The molecule has 0 radical (unpaired) electrons. The highest BCUT2D eigenvalue weighted by Crippen LogP contribution is 2.37. The average Bonchev–Trinajstić information content (AvgIpc) is 3.22. The van der Waals surface area contributed by atoms with Crippen LogP contribution in [-0.4, -0.2) is 33.8 Å². The quantitative estimate of drug-likeness (QED) is 0.729. The molecule has 1 aromatic rings. The molecule has 0 bridgehead atoms. The van der Waals surface area contributed by atoms with Crippen molar-refractivity contribution >= 4 is 11.7 Å². The van der Waals surface area contributed by atoms with E-state index in [-0.39, 0.29) is 12.6 Å². The lowest BCUT2D eigenvalue weighted by molar-refractivity contribution is 0.162. The van der Waals surface area contributed by atoms with Crippen LogP contribution in [0.15, 0.2) is 12.4 Å². The number of amides is 2. The summed E-state index contributed by atoms with van der Waals surface area (Å²) in [6.07, 6.45) is 6.61.